The number of carbonyl (C=O) groups excluding carboxylic acids is 1. The summed E-state index contributed by atoms with van der Waals surface area (Å²) in [5.74, 6) is -0.226. The molecule has 0 radical (unpaired) electrons. The number of carbonyl (C=O) groups is 1. The normalized spacial score (nSPS) is 16.5. The Morgan fingerprint density at radius 3 is 2.48 bits per heavy atom. The minimum atomic E-state index is -4.52. The van der Waals surface area contributed by atoms with E-state index in [1.54, 1.807) is 4.90 Å². The molecule has 2 rings (SSSR count). The average molecular weight is 369 g/mol. The number of rotatable bonds is 2. The van der Waals surface area contributed by atoms with Gasteiger partial charge in [-0.1, -0.05) is 17.7 Å². The van der Waals surface area contributed by atoms with Gasteiger partial charge in [-0.3, -0.25) is 4.79 Å². The summed E-state index contributed by atoms with van der Waals surface area (Å²) in [6.45, 7) is 1.14. The lowest BCUT2D eigenvalue weighted by Gasteiger charge is -2.29. The molecule has 3 nitrogen and oxygen atoms in total. The summed E-state index contributed by atoms with van der Waals surface area (Å²) >= 11 is 5.55. The third-order valence-electron chi connectivity index (χ3n) is 3.57. The molecule has 0 unspecified atom stereocenters. The maximum absolute atomic E-state index is 12.8. The minimum absolute atomic E-state index is 0. The van der Waals surface area contributed by atoms with Crippen LogP contribution >= 0.6 is 24.0 Å². The van der Waals surface area contributed by atoms with Crippen LogP contribution in [0.5, 0.6) is 0 Å². The molecule has 23 heavy (non-hydrogen) atoms. The van der Waals surface area contributed by atoms with E-state index < -0.39 is 11.7 Å². The van der Waals surface area contributed by atoms with Crippen molar-refractivity contribution >= 4 is 36.0 Å². The molecule has 1 heterocycles. The first kappa shape index (κ1) is 19.8. The Morgan fingerprint density at radius 1 is 1.30 bits per heavy atom. The van der Waals surface area contributed by atoms with Crippen molar-refractivity contribution in [3.8, 4) is 0 Å². The number of halogens is 5. The van der Waals surface area contributed by atoms with E-state index in [0.717, 1.165) is 18.9 Å². The quantitative estimate of drug-likeness (QED) is 0.808. The molecule has 1 aliphatic heterocycles. The summed E-state index contributed by atoms with van der Waals surface area (Å²) in [7, 11) is 0. The number of nitrogens with two attached hydrogens (primary N) is 1. The molecule has 0 saturated carbocycles. The molecule has 0 bridgehead atoms. The van der Waals surface area contributed by atoms with Gasteiger partial charge in [-0.25, -0.2) is 0 Å². The Bertz CT molecular complexity index is 583. The van der Waals surface area contributed by atoms with Gasteiger partial charge in [0.25, 0.3) is 0 Å². The Hall–Kier alpha value is -1.24. The smallest absolute Gasteiger partial charge is 0.339 e. The predicted molar refractivity (Wildman–Crippen MR) is 86.5 cm³/mol. The van der Waals surface area contributed by atoms with Gasteiger partial charge >= 0.3 is 6.18 Å². The molecule has 0 spiro atoms. The van der Waals surface area contributed by atoms with Crippen molar-refractivity contribution in [1.29, 1.82) is 0 Å². The first-order valence-electron chi connectivity index (χ1n) is 6.86. The summed E-state index contributed by atoms with van der Waals surface area (Å²) in [6.07, 6.45) is -0.409. The third kappa shape index (κ3) is 5.41. The minimum Gasteiger partial charge on any atom is -0.339 e. The number of amides is 1. The van der Waals surface area contributed by atoms with Gasteiger partial charge in [-0.15, -0.1) is 12.4 Å². The molecule has 0 aromatic heterocycles. The van der Waals surface area contributed by atoms with Crippen LogP contribution in [-0.2, 0) is 11.0 Å². The van der Waals surface area contributed by atoms with Crippen LogP contribution in [0.1, 0.15) is 24.0 Å². The summed E-state index contributed by atoms with van der Waals surface area (Å²) in [5, 5.41) is -0.360. The van der Waals surface area contributed by atoms with Crippen LogP contribution in [0.15, 0.2) is 24.3 Å². The molecule has 128 valence electrons. The number of likely N-dealkylation sites (tertiary alicyclic amines) is 1. The summed E-state index contributed by atoms with van der Waals surface area (Å²) in [4.78, 5) is 13.6. The molecule has 0 atom stereocenters. The lowest BCUT2D eigenvalue weighted by Crippen LogP contribution is -2.42. The van der Waals surface area contributed by atoms with E-state index in [9.17, 15) is 18.0 Å². The molecule has 0 aliphatic carbocycles. The largest absolute Gasteiger partial charge is 0.417 e. The zero-order valence-electron chi connectivity index (χ0n) is 12.1. The van der Waals surface area contributed by atoms with Crippen LogP contribution in [0.4, 0.5) is 13.2 Å². The average Bonchev–Trinajstić information content (AvgIpc) is 2.45. The molecule has 1 fully saturated rings. The van der Waals surface area contributed by atoms with Crippen LogP contribution < -0.4 is 5.73 Å². The second kappa shape index (κ2) is 8.04. The zero-order valence-corrected chi connectivity index (χ0v) is 13.7. The van der Waals surface area contributed by atoms with E-state index in [4.69, 9.17) is 17.3 Å². The van der Waals surface area contributed by atoms with Crippen LogP contribution in [0.25, 0.3) is 6.08 Å². The van der Waals surface area contributed by atoms with E-state index in [1.165, 1.54) is 24.3 Å². The summed E-state index contributed by atoms with van der Waals surface area (Å²) in [5.41, 5.74) is 5.13. The van der Waals surface area contributed by atoms with Crippen LogP contribution in [0, 0.1) is 0 Å². The van der Waals surface area contributed by atoms with E-state index in [1.807, 2.05) is 0 Å². The monoisotopic (exact) mass is 368 g/mol. The van der Waals surface area contributed by atoms with Gasteiger partial charge in [0.1, 0.15) is 0 Å². The number of hydrogen-bond acceptors (Lipinski definition) is 2. The van der Waals surface area contributed by atoms with Crippen LogP contribution in [0.2, 0.25) is 5.02 Å². The van der Waals surface area contributed by atoms with E-state index in [0.29, 0.717) is 13.1 Å². The van der Waals surface area contributed by atoms with Gasteiger partial charge in [0.05, 0.1) is 10.6 Å². The first-order chi connectivity index (χ1) is 10.3. The molecule has 1 aliphatic rings. The second-order valence-electron chi connectivity index (χ2n) is 5.23. The van der Waals surface area contributed by atoms with Crippen molar-refractivity contribution in [3.63, 3.8) is 0 Å². The van der Waals surface area contributed by atoms with Crippen LogP contribution in [-0.4, -0.2) is 29.9 Å². The van der Waals surface area contributed by atoms with E-state index in [2.05, 4.69) is 0 Å². The number of nitrogens with zero attached hydrogens (tertiary/aromatic N) is 1. The maximum atomic E-state index is 12.8. The Balaban J connectivity index is 0.00000264. The van der Waals surface area contributed by atoms with Crippen molar-refractivity contribution in [1.82, 2.24) is 4.90 Å². The van der Waals surface area contributed by atoms with Gasteiger partial charge in [0.15, 0.2) is 0 Å². The van der Waals surface area contributed by atoms with Gasteiger partial charge in [-0.05, 0) is 36.6 Å². The highest BCUT2D eigenvalue weighted by Gasteiger charge is 2.33. The number of benzene rings is 1. The predicted octanol–water partition coefficient (Wildman–Crippen LogP) is 3.74. The standard InChI is InChI=1S/C15H16ClF3N2O.ClH/c16-13-3-1-10(9-12(13)15(17,18)19)2-4-14(22)21-7-5-11(20)6-8-21;/h1-4,9,11H,5-8,20H2;1H/b4-2+;. The lowest BCUT2D eigenvalue weighted by molar-refractivity contribution is -0.137. The van der Waals surface area contributed by atoms with Crippen molar-refractivity contribution in [3.05, 3.63) is 40.4 Å². The van der Waals surface area contributed by atoms with Gasteiger partial charge in [0, 0.05) is 25.2 Å². The summed E-state index contributed by atoms with van der Waals surface area (Å²) < 4.78 is 38.3. The van der Waals surface area contributed by atoms with Crippen molar-refractivity contribution in [2.45, 2.75) is 25.1 Å². The molecule has 8 heteroatoms. The Kier molecular flexibility index (Phi) is 6.92. The van der Waals surface area contributed by atoms with Gasteiger partial charge in [0.2, 0.25) is 5.91 Å². The Labute approximate surface area is 143 Å². The number of piperidine rings is 1. The molecule has 1 aromatic carbocycles. The van der Waals surface area contributed by atoms with E-state index >= 15 is 0 Å². The van der Waals surface area contributed by atoms with Crippen molar-refractivity contribution in [2.75, 3.05) is 13.1 Å². The molecular formula is C15H17Cl2F3N2O. The fourth-order valence-electron chi connectivity index (χ4n) is 2.26. The zero-order chi connectivity index (χ0) is 16.3. The lowest BCUT2D eigenvalue weighted by atomic mass is 10.1. The maximum Gasteiger partial charge on any atom is 0.417 e. The molecule has 1 saturated heterocycles. The number of alkyl halides is 3. The fraction of sp³-hybridized carbons (Fsp3) is 0.400. The highest BCUT2D eigenvalue weighted by atomic mass is 35.5. The SMILES string of the molecule is Cl.NC1CCN(C(=O)/C=C/c2ccc(Cl)c(C(F)(F)F)c2)CC1. The molecule has 1 amide bonds. The van der Waals surface area contributed by atoms with Crippen LogP contribution in [0.3, 0.4) is 0 Å². The highest BCUT2D eigenvalue weighted by molar-refractivity contribution is 6.31. The van der Waals surface area contributed by atoms with Gasteiger partial charge in [-0.2, -0.15) is 13.2 Å². The molecule has 2 N–H and O–H groups in total. The number of hydrogen-bond donors (Lipinski definition) is 1. The van der Waals surface area contributed by atoms with Crippen molar-refractivity contribution < 1.29 is 18.0 Å². The Morgan fingerprint density at radius 2 is 1.91 bits per heavy atom. The van der Waals surface area contributed by atoms with Crippen molar-refractivity contribution in [2.24, 2.45) is 5.73 Å². The first-order valence-corrected chi connectivity index (χ1v) is 7.24. The van der Waals surface area contributed by atoms with Gasteiger partial charge < -0.3 is 10.6 Å². The summed E-state index contributed by atoms with van der Waals surface area (Å²) in [6, 6.07) is 3.65. The third-order valence-corrected chi connectivity index (χ3v) is 3.90. The topological polar surface area (TPSA) is 46.3 Å². The highest BCUT2D eigenvalue weighted by Crippen LogP contribution is 2.35. The second-order valence-corrected chi connectivity index (χ2v) is 5.64. The fourth-order valence-corrected chi connectivity index (χ4v) is 2.48. The van der Waals surface area contributed by atoms with E-state index in [-0.39, 0.29) is 34.9 Å². The molecule has 1 aromatic rings. The molecular weight excluding hydrogens is 352 g/mol.